The molecule has 0 spiro atoms. The monoisotopic (exact) mass is 624 g/mol. The third-order valence-electron chi connectivity index (χ3n) is 8.41. The van der Waals surface area contributed by atoms with Crippen molar-refractivity contribution in [2.45, 2.75) is 51.0 Å². The van der Waals surface area contributed by atoms with E-state index >= 15 is 0 Å². The number of amides is 4. The Morgan fingerprint density at radius 1 is 1.13 bits per heavy atom. The summed E-state index contributed by atoms with van der Waals surface area (Å²) in [4.78, 5) is 74.1. The average molecular weight is 625 g/mol. The van der Waals surface area contributed by atoms with Gasteiger partial charge < -0.3 is 19.8 Å². The van der Waals surface area contributed by atoms with Crippen molar-refractivity contribution in [3.8, 4) is 6.01 Å². The second kappa shape index (κ2) is 11.5. The zero-order chi connectivity index (χ0) is 32.1. The van der Waals surface area contributed by atoms with Gasteiger partial charge in [-0.2, -0.15) is 9.97 Å². The number of imidazole rings is 1. The SMILES string of the molecule is Cc1ccnc([C@H]2C[C@@H]2C(=O)Nc2cc(N[C@H](C)c3cn4cc(C5CC5)cc(N5CC(=O)N(C)C5=O)c4n3)nc(OCC=O)n2)n1. The van der Waals surface area contributed by atoms with Gasteiger partial charge in [-0.25, -0.2) is 19.7 Å². The number of carbonyl (C=O) groups excluding carboxylic acids is 4. The number of carbonyl (C=O) groups is 4. The second-order valence-electron chi connectivity index (χ2n) is 11.9. The Labute approximate surface area is 263 Å². The van der Waals surface area contributed by atoms with E-state index < -0.39 is 6.03 Å². The maximum Gasteiger partial charge on any atom is 0.331 e. The first kappa shape index (κ1) is 29.3. The number of ether oxygens (including phenoxy) is 1. The number of nitrogens with zero attached hydrogens (tertiary/aromatic N) is 8. The van der Waals surface area contributed by atoms with Crippen molar-refractivity contribution in [3.63, 3.8) is 0 Å². The number of hydrogen-bond donors (Lipinski definition) is 2. The Bertz CT molecular complexity index is 1890. The molecule has 4 aromatic rings. The summed E-state index contributed by atoms with van der Waals surface area (Å²) in [5.41, 5.74) is 3.70. The van der Waals surface area contributed by atoms with Gasteiger partial charge in [0.25, 0.3) is 0 Å². The minimum absolute atomic E-state index is 0.0479. The van der Waals surface area contributed by atoms with Crippen molar-refractivity contribution in [1.82, 2.24) is 34.2 Å². The first-order valence-electron chi connectivity index (χ1n) is 15.1. The molecular weight excluding hydrogens is 592 g/mol. The largest absolute Gasteiger partial charge is 0.456 e. The number of aldehydes is 1. The van der Waals surface area contributed by atoms with E-state index in [1.54, 1.807) is 12.3 Å². The van der Waals surface area contributed by atoms with Gasteiger partial charge in [0.2, 0.25) is 11.8 Å². The number of imide groups is 1. The summed E-state index contributed by atoms with van der Waals surface area (Å²) in [6.07, 6.45) is 8.93. The van der Waals surface area contributed by atoms with Gasteiger partial charge in [0.1, 0.15) is 30.6 Å². The quantitative estimate of drug-likeness (QED) is 0.185. The molecule has 4 aromatic heterocycles. The Kier molecular flexibility index (Phi) is 7.29. The lowest BCUT2D eigenvalue weighted by Crippen LogP contribution is -2.30. The summed E-state index contributed by atoms with van der Waals surface area (Å²) < 4.78 is 7.27. The van der Waals surface area contributed by atoms with Gasteiger partial charge in [0.05, 0.1) is 17.4 Å². The number of hydrogen-bond acceptors (Lipinski definition) is 11. The Morgan fingerprint density at radius 2 is 1.93 bits per heavy atom. The summed E-state index contributed by atoms with van der Waals surface area (Å²) >= 11 is 0. The topological polar surface area (TPSA) is 177 Å². The number of aryl methyl sites for hydroxylation is 1. The van der Waals surface area contributed by atoms with Gasteiger partial charge in [-0.3, -0.25) is 24.2 Å². The number of urea groups is 1. The minimum atomic E-state index is -0.391. The first-order valence-corrected chi connectivity index (χ1v) is 15.1. The Balaban J connectivity index is 1.13. The minimum Gasteiger partial charge on any atom is -0.456 e. The van der Waals surface area contributed by atoms with Crippen molar-refractivity contribution in [2.24, 2.45) is 5.92 Å². The second-order valence-corrected chi connectivity index (χ2v) is 11.9. The highest BCUT2D eigenvalue weighted by molar-refractivity contribution is 6.13. The van der Waals surface area contributed by atoms with Crippen LogP contribution in [0.2, 0.25) is 0 Å². The molecule has 2 aliphatic carbocycles. The molecule has 0 aromatic carbocycles. The van der Waals surface area contributed by atoms with Crippen LogP contribution in [0.1, 0.15) is 66.8 Å². The molecule has 46 heavy (non-hydrogen) atoms. The van der Waals surface area contributed by atoms with E-state index in [0.717, 1.165) is 29.0 Å². The predicted molar refractivity (Wildman–Crippen MR) is 165 cm³/mol. The third-order valence-corrected chi connectivity index (χ3v) is 8.41. The molecule has 236 valence electrons. The smallest absolute Gasteiger partial charge is 0.331 e. The molecule has 1 aliphatic heterocycles. The van der Waals surface area contributed by atoms with Crippen molar-refractivity contribution in [3.05, 3.63) is 59.6 Å². The van der Waals surface area contributed by atoms with Crippen molar-refractivity contribution >= 4 is 47.1 Å². The summed E-state index contributed by atoms with van der Waals surface area (Å²) in [5, 5.41) is 6.13. The zero-order valence-electron chi connectivity index (χ0n) is 25.5. The van der Waals surface area contributed by atoms with Crippen molar-refractivity contribution < 1.29 is 23.9 Å². The Morgan fingerprint density at radius 3 is 2.65 bits per heavy atom. The van der Waals surface area contributed by atoms with Crippen LogP contribution in [0.25, 0.3) is 5.65 Å². The molecule has 4 amide bonds. The number of pyridine rings is 1. The third kappa shape index (κ3) is 5.71. The van der Waals surface area contributed by atoms with Crippen LogP contribution in [0.4, 0.5) is 22.1 Å². The van der Waals surface area contributed by atoms with E-state index in [1.165, 1.54) is 11.9 Å². The van der Waals surface area contributed by atoms with Gasteiger partial charge in [-0.1, -0.05) is 0 Å². The van der Waals surface area contributed by atoms with Crippen LogP contribution in [-0.2, 0) is 14.4 Å². The van der Waals surface area contributed by atoms with Crippen LogP contribution in [-0.4, -0.2) is 78.6 Å². The standard InChI is InChI=1S/C31H32N10O5/c1-16-6-7-32-27(33-16)20-11-21(20)29(44)36-25-12-24(37-30(38-25)46-9-8-42)34-17(2)22-14-40-13-19(18-4-5-18)10-23(28(40)35-22)41-15-26(43)39(3)31(41)45/h6-8,10,12-14,17-18,20-21H,4-5,9,11,15H2,1-3H3,(H2,34,36,37,38,44)/t17-,20+,21+/m1/s1. The lowest BCUT2D eigenvalue weighted by molar-refractivity contribution is -0.124. The summed E-state index contributed by atoms with van der Waals surface area (Å²) in [6, 6.07) is 4.49. The Hall–Kier alpha value is -5.47. The molecule has 15 heteroatoms. The summed E-state index contributed by atoms with van der Waals surface area (Å²) in [6.45, 7) is 3.47. The predicted octanol–water partition coefficient (Wildman–Crippen LogP) is 2.99. The molecule has 3 aliphatic rings. The molecule has 15 nitrogen and oxygen atoms in total. The van der Waals surface area contributed by atoms with Crippen molar-refractivity contribution in [2.75, 3.05) is 35.7 Å². The molecule has 2 N–H and O–H groups in total. The zero-order valence-corrected chi connectivity index (χ0v) is 25.5. The molecule has 0 unspecified atom stereocenters. The van der Waals surface area contributed by atoms with E-state index in [9.17, 15) is 19.2 Å². The fourth-order valence-electron chi connectivity index (χ4n) is 5.62. The number of fused-ring (bicyclic) bond motifs is 1. The lowest BCUT2D eigenvalue weighted by Gasteiger charge is -2.17. The van der Waals surface area contributed by atoms with Gasteiger partial charge in [0.15, 0.2) is 11.9 Å². The molecule has 3 fully saturated rings. The van der Waals surface area contributed by atoms with Crippen LogP contribution in [0.3, 0.4) is 0 Å². The molecule has 0 radical (unpaired) electrons. The van der Waals surface area contributed by atoms with Crippen LogP contribution in [0.5, 0.6) is 6.01 Å². The molecule has 1 saturated heterocycles. The van der Waals surface area contributed by atoms with Crippen LogP contribution in [0, 0.1) is 12.8 Å². The summed E-state index contributed by atoms with van der Waals surface area (Å²) in [7, 11) is 1.47. The van der Waals surface area contributed by atoms with Gasteiger partial charge in [-0.15, -0.1) is 0 Å². The highest BCUT2D eigenvalue weighted by Gasteiger charge is 2.46. The van der Waals surface area contributed by atoms with Crippen molar-refractivity contribution in [1.29, 1.82) is 0 Å². The molecule has 7 rings (SSSR count). The van der Waals surface area contributed by atoms with Crippen LogP contribution in [0.15, 0.2) is 36.8 Å². The molecular formula is C31H32N10O5. The van der Waals surface area contributed by atoms with E-state index in [2.05, 4.69) is 30.6 Å². The number of aromatic nitrogens is 6. The number of nitrogens with one attached hydrogen (secondary N) is 2. The lowest BCUT2D eigenvalue weighted by atomic mass is 10.1. The van der Waals surface area contributed by atoms with E-state index in [0.29, 0.717) is 47.3 Å². The number of rotatable bonds is 11. The maximum absolute atomic E-state index is 13.1. The highest BCUT2D eigenvalue weighted by atomic mass is 16.5. The highest BCUT2D eigenvalue weighted by Crippen LogP contribution is 2.46. The van der Waals surface area contributed by atoms with E-state index in [-0.39, 0.29) is 54.7 Å². The average Bonchev–Trinajstić information content (AvgIpc) is 3.96. The van der Waals surface area contributed by atoms with Crippen LogP contribution < -0.4 is 20.3 Å². The van der Waals surface area contributed by atoms with Gasteiger partial charge >= 0.3 is 12.0 Å². The summed E-state index contributed by atoms with van der Waals surface area (Å²) in [5.74, 6) is 0.726. The van der Waals surface area contributed by atoms with Gasteiger partial charge in [0, 0.05) is 49.2 Å². The molecule has 5 heterocycles. The molecule has 3 atom stereocenters. The van der Waals surface area contributed by atoms with E-state index in [4.69, 9.17) is 9.72 Å². The van der Waals surface area contributed by atoms with E-state index in [1.807, 2.05) is 42.8 Å². The van der Waals surface area contributed by atoms with Gasteiger partial charge in [-0.05, 0) is 56.7 Å². The normalized spacial score (nSPS) is 19.8. The molecule has 2 saturated carbocycles. The fourth-order valence-corrected chi connectivity index (χ4v) is 5.62. The van der Waals surface area contributed by atoms with Crippen LogP contribution >= 0.6 is 0 Å². The maximum atomic E-state index is 13.1. The number of likely N-dealkylation sites (N-methyl/N-ethyl adjacent to an activating group) is 1. The number of anilines is 3. The molecule has 0 bridgehead atoms. The fraction of sp³-hybridized carbons (Fsp3) is 0.387. The first-order chi connectivity index (χ1) is 22.2.